The van der Waals surface area contributed by atoms with E-state index in [1.54, 1.807) is 22.8 Å². The van der Waals surface area contributed by atoms with Gasteiger partial charge in [0.25, 0.3) is 0 Å². The van der Waals surface area contributed by atoms with Crippen molar-refractivity contribution in [2.24, 2.45) is 0 Å². The Morgan fingerprint density at radius 1 is 1.21 bits per heavy atom. The maximum Gasteiger partial charge on any atom is 0.514 e. The molecule has 1 aliphatic heterocycles. The van der Waals surface area contributed by atoms with E-state index in [1.165, 1.54) is 0 Å². The molecule has 0 aromatic carbocycles. The van der Waals surface area contributed by atoms with Crippen LogP contribution in [0.3, 0.4) is 0 Å². The lowest BCUT2D eigenvalue weighted by atomic mass is 9.84. The summed E-state index contributed by atoms with van der Waals surface area (Å²) in [5.74, 6) is 0. The van der Waals surface area contributed by atoms with Gasteiger partial charge in [-0.15, -0.1) is 0 Å². The first-order valence-electron chi connectivity index (χ1n) is 6.16. The average molecular weight is 280 g/mol. The first-order chi connectivity index (χ1) is 8.80. The molecule has 0 spiro atoms. The Balaban J connectivity index is 2.02. The average Bonchev–Trinajstić information content (AvgIpc) is 2.82. The molecule has 2 aromatic heterocycles. The monoisotopic (exact) mass is 279 g/mol. The highest BCUT2D eigenvalue weighted by molar-refractivity contribution is 6.61. The van der Waals surface area contributed by atoms with Crippen LogP contribution in [0.2, 0.25) is 5.15 Å². The fraction of sp³-hybridized carbons (Fsp3) is 0.500. The van der Waals surface area contributed by atoms with Crippen molar-refractivity contribution in [2.75, 3.05) is 0 Å². The lowest BCUT2D eigenvalue weighted by Gasteiger charge is -2.32. The van der Waals surface area contributed by atoms with Crippen molar-refractivity contribution >= 4 is 30.0 Å². The predicted octanol–water partition coefficient (Wildman–Crippen LogP) is 1.68. The van der Waals surface area contributed by atoms with E-state index in [2.05, 4.69) is 10.1 Å². The van der Waals surface area contributed by atoms with Gasteiger partial charge in [0.1, 0.15) is 5.15 Å². The van der Waals surface area contributed by atoms with Gasteiger partial charge in [0.2, 0.25) is 0 Å². The van der Waals surface area contributed by atoms with Crippen LogP contribution in [0.4, 0.5) is 0 Å². The third kappa shape index (κ3) is 1.95. The summed E-state index contributed by atoms with van der Waals surface area (Å²) in [5.41, 5.74) is 0.560. The van der Waals surface area contributed by atoms with Crippen LogP contribution in [0.15, 0.2) is 18.3 Å². The van der Waals surface area contributed by atoms with E-state index < -0.39 is 18.3 Å². The van der Waals surface area contributed by atoms with Crippen molar-refractivity contribution in [3.8, 4) is 0 Å². The summed E-state index contributed by atoms with van der Waals surface area (Å²) in [6.07, 6.45) is 1.65. The molecule has 1 fully saturated rings. The smallest absolute Gasteiger partial charge is 0.398 e. The molecule has 3 rings (SSSR count). The highest BCUT2D eigenvalue weighted by atomic mass is 35.5. The summed E-state index contributed by atoms with van der Waals surface area (Å²) in [7, 11) is -0.512. The zero-order valence-corrected chi connectivity index (χ0v) is 12.1. The molecule has 0 saturated carbocycles. The zero-order chi connectivity index (χ0) is 13.8. The van der Waals surface area contributed by atoms with E-state index in [1.807, 2.05) is 27.7 Å². The Labute approximate surface area is 117 Å². The molecule has 19 heavy (non-hydrogen) atoms. The van der Waals surface area contributed by atoms with Crippen LogP contribution in [0.1, 0.15) is 27.7 Å². The molecule has 2 aromatic rings. The van der Waals surface area contributed by atoms with Crippen LogP contribution < -0.4 is 5.59 Å². The van der Waals surface area contributed by atoms with Crippen molar-refractivity contribution in [3.63, 3.8) is 0 Å². The number of nitrogens with zero attached hydrogens (tertiary/aromatic N) is 3. The van der Waals surface area contributed by atoms with E-state index in [-0.39, 0.29) is 0 Å². The second-order valence-corrected chi connectivity index (χ2v) is 6.08. The molecule has 1 aliphatic rings. The number of hydrogen-bond acceptors (Lipinski definition) is 4. The molecule has 0 radical (unpaired) electrons. The normalized spacial score (nSPS) is 21.2. The Morgan fingerprint density at radius 2 is 1.84 bits per heavy atom. The van der Waals surface area contributed by atoms with Crippen LogP contribution in [0.25, 0.3) is 5.65 Å². The van der Waals surface area contributed by atoms with Crippen molar-refractivity contribution in [2.45, 2.75) is 38.9 Å². The van der Waals surface area contributed by atoms with Crippen LogP contribution >= 0.6 is 11.6 Å². The van der Waals surface area contributed by atoms with E-state index in [4.69, 9.17) is 20.9 Å². The standard InChI is InChI=1S/C12H15BClN3O2/c1-11(2)12(3,4)19-13(18-11)8-7-9(14)17-10(16-8)5-6-15-17/h5-7H,1-4H3. The Bertz CT molecular complexity index is 625. The van der Waals surface area contributed by atoms with Gasteiger partial charge < -0.3 is 9.31 Å². The first kappa shape index (κ1) is 12.9. The van der Waals surface area contributed by atoms with Gasteiger partial charge in [-0.2, -0.15) is 5.10 Å². The number of fused-ring (bicyclic) bond motifs is 1. The number of hydrogen-bond donors (Lipinski definition) is 0. The van der Waals surface area contributed by atoms with Gasteiger partial charge in [-0.1, -0.05) is 11.6 Å². The Morgan fingerprint density at radius 3 is 2.47 bits per heavy atom. The highest BCUT2D eigenvalue weighted by Gasteiger charge is 2.52. The minimum atomic E-state index is -0.512. The topological polar surface area (TPSA) is 48.7 Å². The van der Waals surface area contributed by atoms with Crippen molar-refractivity contribution < 1.29 is 9.31 Å². The Kier molecular flexibility index (Phi) is 2.68. The molecule has 0 amide bonds. The van der Waals surface area contributed by atoms with Gasteiger partial charge in [-0.3, -0.25) is 0 Å². The van der Waals surface area contributed by atoms with Crippen molar-refractivity contribution in [3.05, 3.63) is 23.5 Å². The van der Waals surface area contributed by atoms with Gasteiger partial charge >= 0.3 is 7.12 Å². The summed E-state index contributed by atoms with van der Waals surface area (Å²) in [6.45, 7) is 8.02. The van der Waals surface area contributed by atoms with Gasteiger partial charge in [-0.05, 0) is 33.8 Å². The summed E-state index contributed by atoms with van der Waals surface area (Å²) < 4.78 is 13.5. The first-order valence-corrected chi connectivity index (χ1v) is 6.54. The summed E-state index contributed by atoms with van der Waals surface area (Å²) in [6, 6.07) is 3.52. The molecule has 0 N–H and O–H groups in total. The zero-order valence-electron chi connectivity index (χ0n) is 11.3. The lowest BCUT2D eigenvalue weighted by Crippen LogP contribution is -2.41. The molecular weight excluding hydrogens is 264 g/mol. The molecular formula is C12H15BClN3O2. The number of halogens is 1. The van der Waals surface area contributed by atoms with Crippen LogP contribution in [-0.2, 0) is 9.31 Å². The van der Waals surface area contributed by atoms with E-state index in [0.717, 1.165) is 0 Å². The molecule has 0 unspecified atom stereocenters. The Hall–Kier alpha value is -1.11. The quantitative estimate of drug-likeness (QED) is 0.589. The molecule has 7 heteroatoms. The maximum absolute atomic E-state index is 6.17. The van der Waals surface area contributed by atoms with Crippen LogP contribution in [0.5, 0.6) is 0 Å². The third-order valence-electron chi connectivity index (χ3n) is 3.83. The largest absolute Gasteiger partial charge is 0.514 e. The van der Waals surface area contributed by atoms with Gasteiger partial charge in [0.05, 0.1) is 23.0 Å². The van der Waals surface area contributed by atoms with Gasteiger partial charge in [0.15, 0.2) is 5.65 Å². The fourth-order valence-corrected chi connectivity index (χ4v) is 2.22. The van der Waals surface area contributed by atoms with Gasteiger partial charge in [0, 0.05) is 6.07 Å². The van der Waals surface area contributed by atoms with Gasteiger partial charge in [-0.25, -0.2) is 9.50 Å². The number of aromatic nitrogens is 3. The highest BCUT2D eigenvalue weighted by Crippen LogP contribution is 2.36. The second-order valence-electron chi connectivity index (χ2n) is 5.69. The molecule has 0 atom stereocenters. The minimum Gasteiger partial charge on any atom is -0.398 e. The lowest BCUT2D eigenvalue weighted by molar-refractivity contribution is 0.00578. The summed E-state index contributed by atoms with van der Waals surface area (Å²) in [4.78, 5) is 4.48. The third-order valence-corrected chi connectivity index (χ3v) is 4.10. The van der Waals surface area contributed by atoms with Crippen molar-refractivity contribution in [1.29, 1.82) is 0 Å². The maximum atomic E-state index is 6.17. The van der Waals surface area contributed by atoms with E-state index in [9.17, 15) is 0 Å². The molecule has 0 aliphatic carbocycles. The van der Waals surface area contributed by atoms with Crippen LogP contribution in [0, 0.1) is 0 Å². The van der Waals surface area contributed by atoms with E-state index in [0.29, 0.717) is 16.4 Å². The summed E-state index contributed by atoms with van der Waals surface area (Å²) in [5, 5.41) is 4.57. The fourth-order valence-electron chi connectivity index (χ4n) is 1.98. The molecule has 100 valence electrons. The minimum absolute atomic E-state index is 0.391. The molecule has 0 bridgehead atoms. The number of rotatable bonds is 1. The van der Waals surface area contributed by atoms with Crippen molar-refractivity contribution in [1.82, 2.24) is 14.6 Å². The molecule has 5 nitrogen and oxygen atoms in total. The molecule has 1 saturated heterocycles. The second kappa shape index (κ2) is 3.94. The molecule has 3 heterocycles. The van der Waals surface area contributed by atoms with Crippen LogP contribution in [-0.4, -0.2) is 32.9 Å². The van der Waals surface area contributed by atoms with E-state index >= 15 is 0 Å². The predicted molar refractivity (Wildman–Crippen MR) is 73.7 cm³/mol. The SMILES string of the molecule is CC1(C)OB(c2cc(Cl)n3nccc3n2)OC1(C)C. The summed E-state index contributed by atoms with van der Waals surface area (Å²) >= 11 is 6.17.